The van der Waals surface area contributed by atoms with Gasteiger partial charge in [-0.15, -0.1) is 0 Å². The van der Waals surface area contributed by atoms with E-state index in [-0.39, 0.29) is 0 Å². The Labute approximate surface area is 99.9 Å². The van der Waals surface area contributed by atoms with Crippen LogP contribution in [0.4, 0.5) is 0 Å². The van der Waals surface area contributed by atoms with Gasteiger partial charge in [0.1, 0.15) is 5.75 Å². The summed E-state index contributed by atoms with van der Waals surface area (Å²) < 4.78 is 25.9. The molecule has 0 saturated heterocycles. The lowest BCUT2D eigenvalue weighted by molar-refractivity contribution is 0.415. The van der Waals surface area contributed by atoms with Gasteiger partial charge in [0, 0.05) is 6.54 Å². The Morgan fingerprint density at radius 2 is 1.56 bits per heavy atom. The predicted octanol–water partition coefficient (Wildman–Crippen LogP) is 2.82. The second kappa shape index (κ2) is 4.81. The van der Waals surface area contributed by atoms with Gasteiger partial charge in [0.15, 0.2) is 0 Å². The fourth-order valence-electron chi connectivity index (χ4n) is 1.55. The summed E-state index contributed by atoms with van der Waals surface area (Å²) in [6, 6.07) is 14.9. The van der Waals surface area contributed by atoms with E-state index in [1.807, 2.05) is 36.4 Å². The first kappa shape index (κ1) is 7.47. The summed E-state index contributed by atoms with van der Waals surface area (Å²) in [7, 11) is -2.41. The molecule has 0 spiro atoms. The van der Waals surface area contributed by atoms with Crippen LogP contribution in [-0.2, 0) is 6.54 Å². The maximum Gasteiger partial charge on any atom is 0.118 e. The predicted molar refractivity (Wildman–Crippen MR) is 66.3 cm³/mol. The van der Waals surface area contributed by atoms with Crippen molar-refractivity contribution in [1.82, 2.24) is 0 Å². The molecule has 2 nitrogen and oxygen atoms in total. The fraction of sp³-hybridized carbons (Fsp3) is 0.143. The summed E-state index contributed by atoms with van der Waals surface area (Å²) >= 11 is 0. The lowest BCUT2D eigenvalue weighted by Gasteiger charge is -2.04. The molecular formula is C14H15NO. The molecule has 0 atom stereocenters. The van der Waals surface area contributed by atoms with Gasteiger partial charge in [-0.25, -0.2) is 0 Å². The van der Waals surface area contributed by atoms with E-state index in [2.05, 4.69) is 0 Å². The summed E-state index contributed by atoms with van der Waals surface area (Å²) in [5.74, 6) is 0.335. The highest BCUT2D eigenvalue weighted by Crippen LogP contribution is 2.22. The summed E-state index contributed by atoms with van der Waals surface area (Å²) in [5, 5.41) is 0. The molecule has 0 fully saturated rings. The first-order valence-electron chi connectivity index (χ1n) is 6.56. The van der Waals surface area contributed by atoms with Crippen LogP contribution in [0.25, 0.3) is 11.1 Å². The number of rotatable bonds is 3. The molecule has 16 heavy (non-hydrogen) atoms. The van der Waals surface area contributed by atoms with Crippen molar-refractivity contribution in [2.24, 2.45) is 5.73 Å². The van der Waals surface area contributed by atoms with E-state index < -0.39 is 7.04 Å². The second-order valence-corrected chi connectivity index (χ2v) is 3.53. The molecule has 2 aromatic rings. The third-order valence-corrected chi connectivity index (χ3v) is 2.50. The van der Waals surface area contributed by atoms with Crippen molar-refractivity contribution in [3.8, 4) is 16.9 Å². The Hall–Kier alpha value is -1.80. The maximum absolute atomic E-state index is 7.03. The van der Waals surface area contributed by atoms with E-state index in [1.54, 1.807) is 12.1 Å². The van der Waals surface area contributed by atoms with Gasteiger partial charge in [0.05, 0.1) is 11.2 Å². The van der Waals surface area contributed by atoms with Crippen LogP contribution in [0.3, 0.4) is 0 Å². The number of ether oxygens (including phenoxy) is 1. The number of nitrogens with two attached hydrogens (primary N) is 1. The first-order valence-corrected chi connectivity index (χ1v) is 5.06. The van der Waals surface area contributed by atoms with E-state index in [4.69, 9.17) is 14.6 Å². The second-order valence-electron chi connectivity index (χ2n) is 3.53. The normalized spacial score (nSPS) is 13.7. The van der Waals surface area contributed by atoms with E-state index in [0.29, 0.717) is 12.3 Å². The minimum atomic E-state index is -2.41. The highest BCUT2D eigenvalue weighted by atomic mass is 16.5. The lowest BCUT2D eigenvalue weighted by atomic mass is 10.0. The van der Waals surface area contributed by atoms with Crippen LogP contribution in [0.1, 0.15) is 9.68 Å². The smallest absolute Gasteiger partial charge is 0.118 e. The Bertz CT molecular complexity index is 532. The molecular weight excluding hydrogens is 198 g/mol. The molecule has 0 aromatic heterocycles. The fourth-order valence-corrected chi connectivity index (χ4v) is 1.55. The molecule has 0 heterocycles. The number of benzene rings is 2. The third-order valence-electron chi connectivity index (χ3n) is 2.50. The molecule has 2 heteroatoms. The average molecular weight is 216 g/mol. The van der Waals surface area contributed by atoms with Crippen LogP contribution in [-0.4, -0.2) is 7.04 Å². The monoisotopic (exact) mass is 216 g/mol. The molecule has 0 radical (unpaired) electrons. The SMILES string of the molecule is [2H]C([2H])([2H])Oc1ccc(-c2ccc(CN)cc2)cc1. The minimum Gasteiger partial charge on any atom is -0.497 e. The highest BCUT2D eigenvalue weighted by Gasteiger charge is 1.98. The Kier molecular flexibility index (Phi) is 2.25. The van der Waals surface area contributed by atoms with Gasteiger partial charge >= 0.3 is 0 Å². The van der Waals surface area contributed by atoms with Crippen molar-refractivity contribution >= 4 is 0 Å². The maximum atomic E-state index is 7.03. The Balaban J connectivity index is 2.17. The van der Waals surface area contributed by atoms with E-state index in [1.165, 1.54) is 0 Å². The van der Waals surface area contributed by atoms with Gasteiger partial charge in [-0.05, 0) is 28.8 Å². The van der Waals surface area contributed by atoms with Crippen molar-refractivity contribution in [2.75, 3.05) is 7.04 Å². The average Bonchev–Trinajstić information content (AvgIpc) is 2.38. The highest BCUT2D eigenvalue weighted by molar-refractivity contribution is 5.64. The molecule has 0 bridgehead atoms. The number of hydrogen-bond donors (Lipinski definition) is 1. The molecule has 2 rings (SSSR count). The van der Waals surface area contributed by atoms with Crippen LogP contribution < -0.4 is 10.5 Å². The topological polar surface area (TPSA) is 35.2 Å². The van der Waals surface area contributed by atoms with Crippen LogP contribution in [0.5, 0.6) is 5.75 Å². The molecule has 0 aliphatic rings. The number of hydrogen-bond acceptors (Lipinski definition) is 2. The molecule has 0 saturated carbocycles. The van der Waals surface area contributed by atoms with E-state index in [0.717, 1.165) is 16.7 Å². The number of methoxy groups -OCH3 is 1. The zero-order valence-electron chi connectivity index (χ0n) is 11.8. The van der Waals surface area contributed by atoms with Crippen molar-refractivity contribution in [2.45, 2.75) is 6.54 Å². The van der Waals surface area contributed by atoms with Gasteiger partial charge in [-0.3, -0.25) is 0 Å². The standard InChI is InChI=1S/C14H15NO/c1-16-14-8-6-13(7-9-14)12-4-2-11(10-15)3-5-12/h2-9H,10,15H2,1H3/i1D3. The molecule has 2 aromatic carbocycles. The third kappa shape index (κ3) is 2.23. The van der Waals surface area contributed by atoms with Gasteiger partial charge in [-0.1, -0.05) is 36.4 Å². The first-order chi connectivity index (χ1) is 8.98. The van der Waals surface area contributed by atoms with Gasteiger partial charge in [-0.2, -0.15) is 0 Å². The molecule has 0 unspecified atom stereocenters. The summed E-state index contributed by atoms with van der Waals surface area (Å²) in [4.78, 5) is 0. The Morgan fingerprint density at radius 1 is 1.00 bits per heavy atom. The minimum absolute atomic E-state index is 0.335. The Morgan fingerprint density at radius 3 is 2.06 bits per heavy atom. The van der Waals surface area contributed by atoms with Crippen LogP contribution in [0.15, 0.2) is 48.5 Å². The molecule has 0 aliphatic carbocycles. The van der Waals surface area contributed by atoms with E-state index in [9.17, 15) is 0 Å². The van der Waals surface area contributed by atoms with Crippen molar-refractivity contribution in [3.63, 3.8) is 0 Å². The van der Waals surface area contributed by atoms with E-state index >= 15 is 0 Å². The van der Waals surface area contributed by atoms with Crippen LogP contribution >= 0.6 is 0 Å². The van der Waals surface area contributed by atoms with Gasteiger partial charge < -0.3 is 10.5 Å². The molecule has 2 N–H and O–H groups in total. The van der Waals surface area contributed by atoms with Crippen molar-refractivity contribution in [1.29, 1.82) is 0 Å². The van der Waals surface area contributed by atoms with Crippen molar-refractivity contribution in [3.05, 3.63) is 54.1 Å². The molecule has 82 valence electrons. The lowest BCUT2D eigenvalue weighted by Crippen LogP contribution is -1.95. The largest absolute Gasteiger partial charge is 0.497 e. The van der Waals surface area contributed by atoms with Crippen LogP contribution in [0, 0.1) is 0 Å². The van der Waals surface area contributed by atoms with Crippen molar-refractivity contribution < 1.29 is 8.85 Å². The van der Waals surface area contributed by atoms with Crippen LogP contribution in [0.2, 0.25) is 0 Å². The summed E-state index contributed by atoms with van der Waals surface area (Å²) in [6.45, 7) is 0.519. The quantitative estimate of drug-likeness (QED) is 0.856. The summed E-state index contributed by atoms with van der Waals surface area (Å²) in [5.41, 5.74) is 8.68. The molecule has 0 aliphatic heterocycles. The molecule has 0 amide bonds. The zero-order valence-corrected chi connectivity index (χ0v) is 8.81. The van der Waals surface area contributed by atoms with Gasteiger partial charge in [0.2, 0.25) is 0 Å². The van der Waals surface area contributed by atoms with Gasteiger partial charge in [0.25, 0.3) is 0 Å². The zero-order chi connectivity index (χ0) is 13.9. The summed E-state index contributed by atoms with van der Waals surface area (Å²) in [6.07, 6.45) is 0.